The zero-order valence-corrected chi connectivity index (χ0v) is 13.1. The van der Waals surface area contributed by atoms with E-state index in [-0.39, 0.29) is 5.91 Å². The summed E-state index contributed by atoms with van der Waals surface area (Å²) in [6, 6.07) is 15.3. The van der Waals surface area contributed by atoms with Crippen LogP contribution < -0.4 is 5.32 Å². The van der Waals surface area contributed by atoms with Crippen LogP contribution in [0.2, 0.25) is 0 Å². The Bertz CT molecular complexity index is 569. The van der Waals surface area contributed by atoms with Gasteiger partial charge in [0.15, 0.2) is 0 Å². The van der Waals surface area contributed by atoms with Crippen molar-refractivity contribution in [3.63, 3.8) is 0 Å². The second kappa shape index (κ2) is 6.91. The lowest BCUT2D eigenvalue weighted by atomic mass is 10.1. The minimum Gasteiger partial charge on any atom is -0.322 e. The number of nitrogens with one attached hydrogen (secondary N) is 1. The Morgan fingerprint density at radius 1 is 1.11 bits per heavy atom. The van der Waals surface area contributed by atoms with Crippen molar-refractivity contribution in [2.45, 2.75) is 6.42 Å². The van der Waals surface area contributed by atoms with Crippen molar-refractivity contribution in [3.05, 3.63) is 63.2 Å². The van der Waals surface area contributed by atoms with Gasteiger partial charge in [-0.25, -0.2) is 0 Å². The van der Waals surface area contributed by atoms with E-state index in [1.54, 1.807) is 0 Å². The molecule has 2 nitrogen and oxygen atoms in total. The number of halogens is 2. The average Bonchev–Trinajstić information content (AvgIpc) is 2.42. The van der Waals surface area contributed by atoms with Gasteiger partial charge in [0, 0.05) is 15.1 Å². The first-order chi connectivity index (χ1) is 9.20. The number of hydrogen-bond donors (Lipinski definition) is 1. The summed E-state index contributed by atoms with van der Waals surface area (Å²) in [6.45, 7) is 0. The number of carbonyl (C=O) groups excluding carboxylic acids is 1. The minimum absolute atomic E-state index is 0.0879. The molecule has 2 rings (SSSR count). The number of rotatable bonds is 4. The van der Waals surface area contributed by atoms with Crippen LogP contribution in [0.3, 0.4) is 0 Å². The van der Waals surface area contributed by atoms with Gasteiger partial charge in [-0.1, -0.05) is 24.3 Å². The third kappa shape index (κ3) is 3.94. The maximum atomic E-state index is 12.1. The third-order valence-electron chi connectivity index (χ3n) is 2.71. The summed E-state index contributed by atoms with van der Waals surface area (Å²) in [7, 11) is 0. The van der Waals surface area contributed by atoms with Crippen LogP contribution in [0.5, 0.6) is 0 Å². The highest BCUT2D eigenvalue weighted by Crippen LogP contribution is 2.15. The molecule has 0 bridgehead atoms. The van der Waals surface area contributed by atoms with E-state index in [0.717, 1.165) is 15.7 Å². The maximum absolute atomic E-state index is 12.1. The number of hydrogen-bond acceptors (Lipinski definition) is 1. The van der Waals surface area contributed by atoms with Crippen molar-refractivity contribution in [1.82, 2.24) is 0 Å². The standard InChI is InChI=1S/C15H13ClINO/c16-10-9-11-5-7-12(8-6-11)18-15(19)13-3-1-2-4-14(13)17/h1-8H,9-10H2,(H,18,19). The molecule has 2 aromatic carbocycles. The number of benzene rings is 2. The molecule has 2 aromatic rings. The Balaban J connectivity index is 2.09. The van der Waals surface area contributed by atoms with Crippen LogP contribution in [0.1, 0.15) is 15.9 Å². The van der Waals surface area contributed by atoms with Crippen molar-refractivity contribution in [2.24, 2.45) is 0 Å². The number of carbonyl (C=O) groups is 1. The van der Waals surface area contributed by atoms with Gasteiger partial charge in [-0.15, -0.1) is 11.6 Å². The molecule has 0 heterocycles. The Kier molecular flexibility index (Phi) is 5.22. The zero-order chi connectivity index (χ0) is 13.7. The van der Waals surface area contributed by atoms with Crippen LogP contribution in [-0.2, 0) is 6.42 Å². The summed E-state index contributed by atoms with van der Waals surface area (Å²) in [5.74, 6) is 0.517. The minimum atomic E-state index is -0.0879. The van der Waals surface area contributed by atoms with Crippen molar-refractivity contribution < 1.29 is 4.79 Å². The summed E-state index contributed by atoms with van der Waals surface area (Å²) >= 11 is 7.85. The molecule has 1 amide bonds. The van der Waals surface area contributed by atoms with Crippen molar-refractivity contribution in [1.29, 1.82) is 0 Å². The molecule has 0 radical (unpaired) electrons. The number of alkyl halides is 1. The van der Waals surface area contributed by atoms with Crippen molar-refractivity contribution >= 4 is 45.8 Å². The summed E-state index contributed by atoms with van der Waals surface area (Å²) in [5.41, 5.74) is 2.65. The number of aryl methyl sites for hydroxylation is 1. The van der Waals surface area contributed by atoms with Crippen LogP contribution in [0.15, 0.2) is 48.5 Å². The summed E-state index contributed by atoms with van der Waals surface area (Å²) in [6.07, 6.45) is 0.840. The smallest absolute Gasteiger partial charge is 0.256 e. The van der Waals surface area contributed by atoms with Gasteiger partial charge >= 0.3 is 0 Å². The molecular weight excluding hydrogens is 373 g/mol. The van der Waals surface area contributed by atoms with Gasteiger partial charge in [0.25, 0.3) is 5.91 Å². The van der Waals surface area contributed by atoms with Gasteiger partial charge in [-0.05, 0) is 58.8 Å². The fraction of sp³-hybridized carbons (Fsp3) is 0.133. The number of anilines is 1. The quantitative estimate of drug-likeness (QED) is 0.616. The molecule has 0 aliphatic rings. The van der Waals surface area contributed by atoms with Gasteiger partial charge < -0.3 is 5.32 Å². The molecule has 0 spiro atoms. The molecule has 0 fully saturated rings. The van der Waals surface area contributed by atoms with Crippen molar-refractivity contribution in [3.8, 4) is 0 Å². The zero-order valence-electron chi connectivity index (χ0n) is 10.2. The molecule has 98 valence electrons. The Morgan fingerprint density at radius 2 is 1.79 bits per heavy atom. The fourth-order valence-corrected chi connectivity index (χ4v) is 2.56. The molecule has 0 aliphatic heterocycles. The van der Waals surface area contributed by atoms with Crippen LogP contribution in [-0.4, -0.2) is 11.8 Å². The van der Waals surface area contributed by atoms with Crippen LogP contribution in [0, 0.1) is 3.57 Å². The predicted octanol–water partition coefficient (Wildman–Crippen LogP) is 4.32. The average molecular weight is 386 g/mol. The van der Waals surface area contributed by atoms with E-state index in [1.165, 1.54) is 5.56 Å². The van der Waals surface area contributed by atoms with E-state index in [1.807, 2.05) is 48.5 Å². The van der Waals surface area contributed by atoms with Crippen molar-refractivity contribution in [2.75, 3.05) is 11.2 Å². The summed E-state index contributed by atoms with van der Waals surface area (Å²) in [4.78, 5) is 12.1. The predicted molar refractivity (Wildman–Crippen MR) is 88.0 cm³/mol. The van der Waals surface area contributed by atoms with Gasteiger partial charge in [-0.2, -0.15) is 0 Å². The lowest BCUT2D eigenvalue weighted by Gasteiger charge is -2.07. The van der Waals surface area contributed by atoms with E-state index < -0.39 is 0 Å². The van der Waals surface area contributed by atoms with E-state index in [0.29, 0.717) is 11.4 Å². The van der Waals surface area contributed by atoms with Crippen LogP contribution in [0.25, 0.3) is 0 Å². The molecule has 0 saturated carbocycles. The van der Waals surface area contributed by atoms with E-state index in [2.05, 4.69) is 27.9 Å². The molecule has 1 N–H and O–H groups in total. The lowest BCUT2D eigenvalue weighted by Crippen LogP contribution is -2.13. The molecule has 0 aromatic heterocycles. The Morgan fingerprint density at radius 3 is 2.42 bits per heavy atom. The molecule has 4 heteroatoms. The first-order valence-corrected chi connectivity index (χ1v) is 7.53. The second-order valence-electron chi connectivity index (χ2n) is 4.07. The van der Waals surface area contributed by atoms with E-state index in [4.69, 9.17) is 11.6 Å². The molecule has 0 aliphatic carbocycles. The highest BCUT2D eigenvalue weighted by Gasteiger charge is 2.09. The Labute approximate surface area is 131 Å². The van der Waals surface area contributed by atoms with Crippen LogP contribution >= 0.6 is 34.2 Å². The third-order valence-corrected chi connectivity index (χ3v) is 3.84. The monoisotopic (exact) mass is 385 g/mol. The van der Waals surface area contributed by atoms with E-state index >= 15 is 0 Å². The first kappa shape index (κ1) is 14.3. The SMILES string of the molecule is O=C(Nc1ccc(CCCl)cc1)c1ccccc1I. The first-order valence-electron chi connectivity index (χ1n) is 5.91. The molecule has 0 unspecified atom stereocenters. The topological polar surface area (TPSA) is 29.1 Å². The van der Waals surface area contributed by atoms with Gasteiger partial charge in [-0.3, -0.25) is 4.79 Å². The Hall–Kier alpha value is -1.07. The molecule has 19 heavy (non-hydrogen) atoms. The molecule has 0 saturated heterocycles. The van der Waals surface area contributed by atoms with Gasteiger partial charge in [0.2, 0.25) is 0 Å². The van der Waals surface area contributed by atoms with E-state index in [9.17, 15) is 4.79 Å². The summed E-state index contributed by atoms with van der Waals surface area (Å²) in [5, 5.41) is 2.89. The highest BCUT2D eigenvalue weighted by atomic mass is 127. The maximum Gasteiger partial charge on any atom is 0.256 e. The van der Waals surface area contributed by atoms with Crippen LogP contribution in [0.4, 0.5) is 5.69 Å². The van der Waals surface area contributed by atoms with Gasteiger partial charge in [0.05, 0.1) is 5.56 Å². The lowest BCUT2D eigenvalue weighted by molar-refractivity contribution is 0.102. The molecular formula is C15H13ClINO. The largest absolute Gasteiger partial charge is 0.322 e. The summed E-state index contributed by atoms with van der Waals surface area (Å²) < 4.78 is 0.941. The number of amides is 1. The highest BCUT2D eigenvalue weighted by molar-refractivity contribution is 14.1. The second-order valence-corrected chi connectivity index (χ2v) is 5.61. The normalized spacial score (nSPS) is 10.2. The molecule has 0 atom stereocenters. The van der Waals surface area contributed by atoms with Gasteiger partial charge in [0.1, 0.15) is 0 Å². The fourth-order valence-electron chi connectivity index (χ4n) is 1.71.